The highest BCUT2D eigenvalue weighted by Gasteiger charge is 2.33. The molecule has 2 N–H and O–H groups in total. The van der Waals surface area contributed by atoms with E-state index in [-0.39, 0.29) is 23.4 Å². The average molecular weight is 453 g/mol. The van der Waals surface area contributed by atoms with E-state index in [0.29, 0.717) is 5.17 Å². The molecule has 10 heteroatoms. The molecule has 3 rings (SSSR count). The minimum Gasteiger partial charge on any atom is -0.326 e. The lowest BCUT2D eigenvalue weighted by Gasteiger charge is -2.28. The Morgan fingerprint density at radius 1 is 1.29 bits per heavy atom. The molecule has 2 aliphatic rings. The predicted octanol–water partition coefficient (Wildman–Crippen LogP) is 4.74. The number of benzene rings is 1. The molecule has 0 saturated carbocycles. The van der Waals surface area contributed by atoms with Crippen molar-refractivity contribution in [2.24, 2.45) is 15.6 Å². The van der Waals surface area contributed by atoms with Crippen LogP contribution in [0.5, 0.6) is 0 Å². The Morgan fingerprint density at radius 2 is 2.03 bits per heavy atom. The number of carbonyl (C=O) groups is 2. The van der Waals surface area contributed by atoms with Crippen LogP contribution in [0.15, 0.2) is 46.1 Å². The molecule has 0 spiro atoms. The predicted molar refractivity (Wildman–Crippen MR) is 116 cm³/mol. The quantitative estimate of drug-likeness (QED) is 0.647. The van der Waals surface area contributed by atoms with Crippen LogP contribution in [0.4, 0.5) is 18.9 Å². The summed E-state index contributed by atoms with van der Waals surface area (Å²) in [5, 5.41) is 12.9. The van der Waals surface area contributed by atoms with Crippen LogP contribution in [0.2, 0.25) is 0 Å². The van der Waals surface area contributed by atoms with Crippen LogP contribution in [0.25, 0.3) is 0 Å². The summed E-state index contributed by atoms with van der Waals surface area (Å²) in [5.41, 5.74) is 1.28. The maximum absolute atomic E-state index is 12.8. The number of rotatable bonds is 4. The maximum atomic E-state index is 12.8. The van der Waals surface area contributed by atoms with E-state index in [1.807, 2.05) is 13.0 Å². The first-order valence-electron chi connectivity index (χ1n) is 9.68. The second-order valence-corrected chi connectivity index (χ2v) is 9.62. The van der Waals surface area contributed by atoms with E-state index < -0.39 is 22.9 Å². The number of hydrogen-bond acceptors (Lipinski definition) is 5. The van der Waals surface area contributed by atoms with E-state index in [2.05, 4.69) is 34.7 Å². The molecule has 1 fully saturated rings. The second kappa shape index (κ2) is 8.86. The lowest BCUT2D eigenvalue weighted by atomic mass is 9.77. The Hall–Kier alpha value is -2.62. The molecule has 0 bridgehead atoms. The van der Waals surface area contributed by atoms with Gasteiger partial charge in [0.05, 0.1) is 11.3 Å². The van der Waals surface area contributed by atoms with Gasteiger partial charge in [-0.1, -0.05) is 37.2 Å². The van der Waals surface area contributed by atoms with Gasteiger partial charge in [-0.05, 0) is 49.5 Å². The minimum atomic E-state index is -4.50. The van der Waals surface area contributed by atoms with Gasteiger partial charge in [0, 0.05) is 12.1 Å². The Labute approximate surface area is 182 Å². The van der Waals surface area contributed by atoms with Crippen LogP contribution in [-0.2, 0) is 15.8 Å². The summed E-state index contributed by atoms with van der Waals surface area (Å²) >= 11 is 1.08. The van der Waals surface area contributed by atoms with E-state index in [9.17, 15) is 22.8 Å². The number of anilines is 1. The van der Waals surface area contributed by atoms with Crippen molar-refractivity contribution in [1.29, 1.82) is 0 Å². The number of allylic oxidation sites excluding steroid dienone is 2. The van der Waals surface area contributed by atoms with Crippen molar-refractivity contribution in [2.45, 2.75) is 51.5 Å². The molecule has 0 unspecified atom stereocenters. The maximum Gasteiger partial charge on any atom is 0.416 e. The normalized spacial score (nSPS) is 23.6. The summed E-state index contributed by atoms with van der Waals surface area (Å²) in [6.07, 6.45) is -0.971. The molecule has 1 aromatic carbocycles. The number of halogens is 3. The number of carbonyl (C=O) groups excluding carboxylic acids is 2. The van der Waals surface area contributed by atoms with Gasteiger partial charge in [0.1, 0.15) is 5.25 Å². The van der Waals surface area contributed by atoms with E-state index >= 15 is 0 Å². The van der Waals surface area contributed by atoms with Gasteiger partial charge in [-0.2, -0.15) is 18.3 Å². The molecule has 1 aromatic rings. The Bertz CT molecular complexity index is 983. The summed E-state index contributed by atoms with van der Waals surface area (Å²) in [5.74, 6) is -0.953. The summed E-state index contributed by atoms with van der Waals surface area (Å²) in [7, 11) is 0. The molecule has 2 amide bonds. The third kappa shape index (κ3) is 6.43. The number of nitrogens with zero attached hydrogens (tertiary/aromatic N) is 2. The monoisotopic (exact) mass is 452 g/mol. The fourth-order valence-electron chi connectivity index (χ4n) is 3.61. The SMILES string of the molecule is CC1=C/C(=N\N=C2/NC(=O)[C@@H](CC(=O)Nc3cccc(C(F)(F)F)c3)S2)CC(C)(C)C1. The zero-order chi connectivity index (χ0) is 22.8. The molecule has 1 saturated heterocycles. The molecular formula is C21H23F3N4O2S. The fourth-order valence-corrected chi connectivity index (χ4v) is 4.53. The Morgan fingerprint density at radius 3 is 2.71 bits per heavy atom. The lowest BCUT2D eigenvalue weighted by molar-refractivity contribution is -0.137. The molecule has 1 heterocycles. The summed E-state index contributed by atoms with van der Waals surface area (Å²) < 4.78 is 38.4. The first-order valence-corrected chi connectivity index (χ1v) is 10.6. The van der Waals surface area contributed by atoms with E-state index in [1.54, 1.807) is 0 Å². The number of amides is 2. The van der Waals surface area contributed by atoms with Crippen LogP contribution in [0.3, 0.4) is 0 Å². The highest BCUT2D eigenvalue weighted by Crippen LogP contribution is 2.34. The van der Waals surface area contributed by atoms with E-state index in [0.717, 1.165) is 42.4 Å². The molecule has 6 nitrogen and oxygen atoms in total. The van der Waals surface area contributed by atoms with Gasteiger partial charge in [0.2, 0.25) is 11.8 Å². The van der Waals surface area contributed by atoms with Crippen molar-refractivity contribution in [3.63, 3.8) is 0 Å². The smallest absolute Gasteiger partial charge is 0.326 e. The summed E-state index contributed by atoms with van der Waals surface area (Å²) in [6, 6.07) is 4.34. The molecular weight excluding hydrogens is 429 g/mol. The highest BCUT2D eigenvalue weighted by atomic mass is 32.2. The van der Waals surface area contributed by atoms with Crippen molar-refractivity contribution in [3.8, 4) is 0 Å². The second-order valence-electron chi connectivity index (χ2n) is 8.43. The van der Waals surface area contributed by atoms with Crippen molar-refractivity contribution in [1.82, 2.24) is 5.32 Å². The van der Waals surface area contributed by atoms with Crippen LogP contribution in [0.1, 0.15) is 45.6 Å². The number of amidine groups is 1. The molecule has 0 aromatic heterocycles. The van der Waals surface area contributed by atoms with Crippen molar-refractivity contribution in [3.05, 3.63) is 41.5 Å². The highest BCUT2D eigenvalue weighted by molar-refractivity contribution is 8.15. The van der Waals surface area contributed by atoms with E-state index in [4.69, 9.17) is 0 Å². The van der Waals surface area contributed by atoms with Crippen molar-refractivity contribution in [2.75, 3.05) is 5.32 Å². The van der Waals surface area contributed by atoms with Gasteiger partial charge < -0.3 is 10.6 Å². The topological polar surface area (TPSA) is 82.9 Å². The third-order valence-corrected chi connectivity index (χ3v) is 5.79. The van der Waals surface area contributed by atoms with Crippen LogP contribution in [0, 0.1) is 5.41 Å². The molecule has 1 atom stereocenters. The molecule has 0 radical (unpaired) electrons. The first kappa shape index (κ1) is 23.1. The van der Waals surface area contributed by atoms with Gasteiger partial charge in [-0.25, -0.2) is 0 Å². The van der Waals surface area contributed by atoms with Crippen molar-refractivity contribution >= 4 is 40.1 Å². The van der Waals surface area contributed by atoms with Gasteiger partial charge in [-0.3, -0.25) is 9.59 Å². The summed E-state index contributed by atoms with van der Waals surface area (Å²) in [4.78, 5) is 24.4. The van der Waals surface area contributed by atoms with Crippen LogP contribution >= 0.6 is 11.8 Å². The Balaban J connectivity index is 1.61. The summed E-state index contributed by atoms with van der Waals surface area (Å²) in [6.45, 7) is 6.34. The van der Waals surface area contributed by atoms with Gasteiger partial charge in [0.15, 0.2) is 5.17 Å². The zero-order valence-corrected chi connectivity index (χ0v) is 18.2. The molecule has 1 aliphatic heterocycles. The average Bonchev–Trinajstić information content (AvgIpc) is 2.97. The van der Waals surface area contributed by atoms with Crippen LogP contribution in [-0.4, -0.2) is 27.9 Å². The Kier molecular flexibility index (Phi) is 6.59. The molecule has 166 valence electrons. The fraction of sp³-hybridized carbons (Fsp3) is 0.429. The minimum absolute atomic E-state index is 0.0191. The number of hydrogen-bond donors (Lipinski definition) is 2. The number of thioether (sulfide) groups is 1. The van der Waals surface area contributed by atoms with Crippen molar-refractivity contribution < 1.29 is 22.8 Å². The van der Waals surface area contributed by atoms with Crippen LogP contribution < -0.4 is 10.6 Å². The zero-order valence-electron chi connectivity index (χ0n) is 17.3. The first-order chi connectivity index (χ1) is 14.4. The number of alkyl halides is 3. The lowest BCUT2D eigenvalue weighted by Crippen LogP contribution is -2.28. The largest absolute Gasteiger partial charge is 0.416 e. The third-order valence-electron chi connectivity index (χ3n) is 4.72. The van der Waals surface area contributed by atoms with Gasteiger partial charge in [-0.15, -0.1) is 5.10 Å². The standard InChI is InChI=1S/C21H23F3N4O2S/c1-12-7-15(11-20(2,3)10-12)27-28-19-26-18(30)16(31-19)9-17(29)25-14-6-4-5-13(8-14)21(22,23)24/h4-8,16H,9-11H2,1-3H3,(H,25,29)(H,26,28,30)/b27-15+/t16-/m1/s1. The molecule has 1 aliphatic carbocycles. The number of nitrogens with one attached hydrogen (secondary N) is 2. The van der Waals surface area contributed by atoms with Gasteiger partial charge in [0.25, 0.3) is 0 Å². The molecule has 31 heavy (non-hydrogen) atoms. The van der Waals surface area contributed by atoms with E-state index in [1.165, 1.54) is 17.7 Å². The van der Waals surface area contributed by atoms with Gasteiger partial charge >= 0.3 is 6.18 Å².